The van der Waals surface area contributed by atoms with Gasteiger partial charge in [-0.1, -0.05) is 0 Å². The third-order valence-electron chi connectivity index (χ3n) is 3.09. The lowest BCUT2D eigenvalue weighted by molar-refractivity contribution is -0.129. The van der Waals surface area contributed by atoms with Crippen LogP contribution in [0, 0.1) is 12.3 Å². The zero-order valence-electron chi connectivity index (χ0n) is 9.68. The van der Waals surface area contributed by atoms with Crippen molar-refractivity contribution in [2.75, 3.05) is 26.2 Å². The molecule has 1 N–H and O–H groups in total. The molecule has 1 rings (SSSR count). The number of carbonyl (C=O) groups is 1. The number of piperazine rings is 1. The Kier molecular flexibility index (Phi) is 4.31. The van der Waals surface area contributed by atoms with E-state index in [-0.39, 0.29) is 11.3 Å². The van der Waals surface area contributed by atoms with E-state index in [2.05, 4.69) is 16.1 Å². The van der Waals surface area contributed by atoms with Gasteiger partial charge in [-0.3, -0.25) is 9.69 Å². The van der Waals surface area contributed by atoms with Gasteiger partial charge in [-0.25, -0.2) is 0 Å². The molecule has 3 heteroatoms. The lowest BCUT2D eigenvalue weighted by Gasteiger charge is -2.40. The van der Waals surface area contributed by atoms with E-state index in [4.69, 9.17) is 6.42 Å². The van der Waals surface area contributed by atoms with Crippen LogP contribution in [0.15, 0.2) is 0 Å². The number of hydrogen-bond donors (Lipinski definition) is 1. The molecule has 15 heavy (non-hydrogen) atoms. The standard InChI is InChI=1S/C12H20N2O/c1-4-5-6-11(15)12(2,3)14-9-7-13-8-10-14/h1,13H,5-10H2,2-3H3. The van der Waals surface area contributed by atoms with Gasteiger partial charge in [-0.05, 0) is 13.8 Å². The van der Waals surface area contributed by atoms with Crippen LogP contribution in [-0.4, -0.2) is 42.4 Å². The van der Waals surface area contributed by atoms with Gasteiger partial charge in [0, 0.05) is 39.0 Å². The molecular weight excluding hydrogens is 188 g/mol. The Morgan fingerprint density at radius 2 is 2.07 bits per heavy atom. The SMILES string of the molecule is C#CCCC(=O)C(C)(C)N1CCNCC1. The molecule has 1 heterocycles. The Morgan fingerprint density at radius 1 is 1.47 bits per heavy atom. The maximum atomic E-state index is 12.0. The lowest BCUT2D eigenvalue weighted by atomic mass is 9.93. The van der Waals surface area contributed by atoms with E-state index >= 15 is 0 Å². The van der Waals surface area contributed by atoms with Crippen LogP contribution in [0.2, 0.25) is 0 Å². The maximum Gasteiger partial charge on any atom is 0.153 e. The molecule has 0 radical (unpaired) electrons. The topological polar surface area (TPSA) is 32.3 Å². The minimum Gasteiger partial charge on any atom is -0.314 e. The summed E-state index contributed by atoms with van der Waals surface area (Å²) in [4.78, 5) is 14.2. The summed E-state index contributed by atoms with van der Waals surface area (Å²) in [5.74, 6) is 2.77. The molecular formula is C12H20N2O. The molecule has 3 nitrogen and oxygen atoms in total. The molecule has 0 unspecified atom stereocenters. The van der Waals surface area contributed by atoms with Gasteiger partial charge in [0.05, 0.1) is 5.54 Å². The third-order valence-corrected chi connectivity index (χ3v) is 3.09. The second-order valence-corrected chi connectivity index (χ2v) is 4.42. The van der Waals surface area contributed by atoms with Gasteiger partial charge in [0.2, 0.25) is 0 Å². The van der Waals surface area contributed by atoms with Crippen molar-refractivity contribution in [3.05, 3.63) is 0 Å². The summed E-state index contributed by atoms with van der Waals surface area (Å²) in [7, 11) is 0. The van der Waals surface area contributed by atoms with E-state index in [0.717, 1.165) is 26.2 Å². The molecule has 1 fully saturated rings. The smallest absolute Gasteiger partial charge is 0.153 e. The van der Waals surface area contributed by atoms with Crippen molar-refractivity contribution in [3.63, 3.8) is 0 Å². The maximum absolute atomic E-state index is 12.0. The van der Waals surface area contributed by atoms with Crippen LogP contribution in [0.25, 0.3) is 0 Å². The molecule has 0 amide bonds. The van der Waals surface area contributed by atoms with Gasteiger partial charge >= 0.3 is 0 Å². The first-order valence-corrected chi connectivity index (χ1v) is 5.51. The third kappa shape index (κ3) is 3.05. The first-order chi connectivity index (χ1) is 7.09. The highest BCUT2D eigenvalue weighted by Gasteiger charge is 2.33. The number of nitrogens with zero attached hydrogens (tertiary/aromatic N) is 1. The zero-order valence-corrected chi connectivity index (χ0v) is 9.68. The molecule has 0 aromatic carbocycles. The summed E-state index contributed by atoms with van der Waals surface area (Å²) in [6, 6.07) is 0. The van der Waals surface area contributed by atoms with E-state index in [1.807, 2.05) is 13.8 Å². The van der Waals surface area contributed by atoms with Crippen molar-refractivity contribution < 1.29 is 4.79 Å². The Hall–Kier alpha value is -0.850. The summed E-state index contributed by atoms with van der Waals surface area (Å²) in [6.45, 7) is 7.80. The Morgan fingerprint density at radius 3 is 2.60 bits per heavy atom. The number of Topliss-reactive ketones (excluding diaryl/α,β-unsaturated/α-hetero) is 1. The number of ketones is 1. The molecule has 0 aromatic heterocycles. The summed E-state index contributed by atoms with van der Waals surface area (Å²) in [5, 5.41) is 3.28. The molecule has 0 atom stereocenters. The molecule has 0 spiro atoms. The highest BCUT2D eigenvalue weighted by atomic mass is 16.1. The van der Waals surface area contributed by atoms with Crippen molar-refractivity contribution in [1.82, 2.24) is 10.2 Å². The fourth-order valence-corrected chi connectivity index (χ4v) is 1.89. The average Bonchev–Trinajstić information content (AvgIpc) is 2.27. The van der Waals surface area contributed by atoms with Crippen molar-refractivity contribution >= 4 is 5.78 Å². The predicted octanol–water partition coefficient (Wildman–Crippen LogP) is 0.653. The average molecular weight is 208 g/mol. The highest BCUT2D eigenvalue weighted by molar-refractivity contribution is 5.87. The van der Waals surface area contributed by atoms with Crippen molar-refractivity contribution in [3.8, 4) is 12.3 Å². The second kappa shape index (κ2) is 5.29. The van der Waals surface area contributed by atoms with Crippen LogP contribution in [0.5, 0.6) is 0 Å². The van der Waals surface area contributed by atoms with Crippen molar-refractivity contribution in [2.24, 2.45) is 0 Å². The molecule has 1 aliphatic rings. The first kappa shape index (κ1) is 12.2. The van der Waals surface area contributed by atoms with Gasteiger partial charge in [0.1, 0.15) is 0 Å². The Bertz CT molecular complexity index is 259. The summed E-state index contributed by atoms with van der Waals surface area (Å²) in [5.41, 5.74) is -0.362. The monoisotopic (exact) mass is 208 g/mol. The number of carbonyl (C=O) groups excluding carboxylic acids is 1. The van der Waals surface area contributed by atoms with Gasteiger partial charge in [0.25, 0.3) is 0 Å². The van der Waals surface area contributed by atoms with Gasteiger partial charge in [-0.2, -0.15) is 0 Å². The van der Waals surface area contributed by atoms with Crippen molar-refractivity contribution in [1.29, 1.82) is 0 Å². The number of terminal acetylenes is 1. The minimum absolute atomic E-state index is 0.252. The molecule has 1 aliphatic heterocycles. The molecule has 0 bridgehead atoms. The molecule has 0 aliphatic carbocycles. The molecule has 84 valence electrons. The van der Waals surface area contributed by atoms with E-state index in [1.54, 1.807) is 0 Å². The second-order valence-electron chi connectivity index (χ2n) is 4.42. The number of nitrogens with one attached hydrogen (secondary N) is 1. The quantitative estimate of drug-likeness (QED) is 0.689. The van der Waals surface area contributed by atoms with Gasteiger partial charge in [0.15, 0.2) is 5.78 Å². The largest absolute Gasteiger partial charge is 0.314 e. The fourth-order valence-electron chi connectivity index (χ4n) is 1.89. The normalized spacial score (nSPS) is 18.5. The minimum atomic E-state index is -0.362. The van der Waals surface area contributed by atoms with E-state index in [1.165, 1.54) is 0 Å². The lowest BCUT2D eigenvalue weighted by Crippen LogP contribution is -2.57. The Balaban J connectivity index is 2.55. The van der Waals surface area contributed by atoms with Crippen LogP contribution in [-0.2, 0) is 4.79 Å². The van der Waals surface area contributed by atoms with Gasteiger partial charge in [-0.15, -0.1) is 12.3 Å². The summed E-state index contributed by atoms with van der Waals surface area (Å²) in [6.07, 6.45) is 6.22. The zero-order chi connectivity index (χ0) is 11.3. The van der Waals surface area contributed by atoms with E-state index in [0.29, 0.717) is 12.8 Å². The molecule has 1 saturated heterocycles. The fraction of sp³-hybridized carbons (Fsp3) is 0.750. The predicted molar refractivity (Wildman–Crippen MR) is 61.6 cm³/mol. The summed E-state index contributed by atoms with van der Waals surface area (Å²) < 4.78 is 0. The van der Waals surface area contributed by atoms with Crippen LogP contribution in [0.3, 0.4) is 0 Å². The van der Waals surface area contributed by atoms with Gasteiger partial charge < -0.3 is 5.32 Å². The van der Waals surface area contributed by atoms with Crippen molar-refractivity contribution in [2.45, 2.75) is 32.2 Å². The molecule has 0 aromatic rings. The molecule has 0 saturated carbocycles. The van der Waals surface area contributed by atoms with Crippen LogP contribution in [0.4, 0.5) is 0 Å². The van der Waals surface area contributed by atoms with Crippen LogP contribution >= 0.6 is 0 Å². The van der Waals surface area contributed by atoms with Crippen LogP contribution in [0.1, 0.15) is 26.7 Å². The highest BCUT2D eigenvalue weighted by Crippen LogP contribution is 2.18. The first-order valence-electron chi connectivity index (χ1n) is 5.51. The number of rotatable bonds is 4. The van der Waals surface area contributed by atoms with E-state index in [9.17, 15) is 4.79 Å². The summed E-state index contributed by atoms with van der Waals surface area (Å²) >= 11 is 0. The Labute approximate surface area is 92.2 Å². The van der Waals surface area contributed by atoms with Crippen LogP contribution < -0.4 is 5.32 Å². The van der Waals surface area contributed by atoms with E-state index < -0.39 is 0 Å². The number of hydrogen-bond acceptors (Lipinski definition) is 3.